The molecule has 3 aromatic rings. The van der Waals surface area contributed by atoms with Gasteiger partial charge in [0.15, 0.2) is 5.82 Å². The zero-order valence-electron chi connectivity index (χ0n) is 13.3. The van der Waals surface area contributed by atoms with E-state index in [-0.39, 0.29) is 11.1 Å². The van der Waals surface area contributed by atoms with Crippen LogP contribution in [0.25, 0.3) is 11.4 Å². The molecular weight excluding hydrogens is 323 g/mol. The first-order chi connectivity index (χ1) is 11.6. The Hall–Kier alpha value is -2.47. The molecule has 1 atom stereocenters. The minimum absolute atomic E-state index is 0.122. The third-order valence-corrected chi connectivity index (χ3v) is 5.06. The first-order valence-corrected chi connectivity index (χ1v) is 8.54. The number of rotatable bonds is 2. The third kappa shape index (κ3) is 2.53. The number of aryl methyl sites for hydroxylation is 1. The second kappa shape index (κ2) is 5.87. The highest BCUT2D eigenvalue weighted by atomic mass is 32.2. The zero-order valence-corrected chi connectivity index (χ0v) is 14.1. The SMILES string of the molecule is Cc1ccccc1-c1nnc2n1N=C(c1ccc(F)cc1)[C@@H](C)S2. The zero-order chi connectivity index (χ0) is 16.7. The van der Waals surface area contributed by atoms with Gasteiger partial charge < -0.3 is 0 Å². The Morgan fingerprint density at radius 3 is 2.54 bits per heavy atom. The van der Waals surface area contributed by atoms with E-state index in [9.17, 15) is 4.39 Å². The second-order valence-electron chi connectivity index (χ2n) is 5.69. The lowest BCUT2D eigenvalue weighted by atomic mass is 10.1. The van der Waals surface area contributed by atoms with Crippen LogP contribution in [0.4, 0.5) is 4.39 Å². The molecule has 0 saturated carbocycles. The van der Waals surface area contributed by atoms with E-state index in [4.69, 9.17) is 5.10 Å². The third-order valence-electron chi connectivity index (χ3n) is 4.01. The maximum atomic E-state index is 13.2. The Kier molecular flexibility index (Phi) is 3.69. The lowest BCUT2D eigenvalue weighted by molar-refractivity contribution is 0.627. The van der Waals surface area contributed by atoms with Crippen molar-refractivity contribution in [3.05, 3.63) is 65.5 Å². The monoisotopic (exact) mass is 338 g/mol. The molecule has 1 aliphatic heterocycles. The summed E-state index contributed by atoms with van der Waals surface area (Å²) in [6, 6.07) is 14.5. The van der Waals surface area contributed by atoms with Gasteiger partial charge in [0.1, 0.15) is 5.82 Å². The molecule has 4 rings (SSSR count). The normalized spacial score (nSPS) is 16.6. The van der Waals surface area contributed by atoms with E-state index in [1.165, 1.54) is 12.1 Å². The summed E-state index contributed by atoms with van der Waals surface area (Å²) < 4.78 is 15.0. The predicted molar refractivity (Wildman–Crippen MR) is 93.8 cm³/mol. The molecule has 0 bridgehead atoms. The van der Waals surface area contributed by atoms with Crippen LogP contribution in [0.5, 0.6) is 0 Å². The summed E-state index contributed by atoms with van der Waals surface area (Å²) in [6.45, 7) is 4.11. The van der Waals surface area contributed by atoms with Crippen LogP contribution in [0.15, 0.2) is 58.8 Å². The Morgan fingerprint density at radius 1 is 1.04 bits per heavy atom. The van der Waals surface area contributed by atoms with Gasteiger partial charge in [-0.1, -0.05) is 48.2 Å². The van der Waals surface area contributed by atoms with E-state index in [0.29, 0.717) is 0 Å². The molecule has 0 amide bonds. The smallest absolute Gasteiger partial charge is 0.207 e. The number of thioether (sulfide) groups is 1. The molecule has 1 aromatic heterocycles. The van der Waals surface area contributed by atoms with Crippen LogP contribution >= 0.6 is 11.8 Å². The Morgan fingerprint density at radius 2 is 1.79 bits per heavy atom. The molecular formula is C18H15FN4S. The van der Waals surface area contributed by atoms with Gasteiger partial charge in [-0.05, 0) is 37.1 Å². The van der Waals surface area contributed by atoms with Gasteiger partial charge in [0, 0.05) is 5.56 Å². The molecule has 0 radical (unpaired) electrons. The predicted octanol–water partition coefficient (Wildman–Crippen LogP) is 4.14. The summed E-state index contributed by atoms with van der Waals surface area (Å²) in [6.07, 6.45) is 0. The van der Waals surface area contributed by atoms with Gasteiger partial charge in [-0.2, -0.15) is 9.78 Å². The van der Waals surface area contributed by atoms with Crippen molar-refractivity contribution in [3.8, 4) is 11.4 Å². The number of hydrogen-bond acceptors (Lipinski definition) is 4. The fourth-order valence-corrected chi connectivity index (χ4v) is 3.66. The number of hydrogen-bond donors (Lipinski definition) is 0. The first kappa shape index (κ1) is 15.1. The molecule has 0 fully saturated rings. The van der Waals surface area contributed by atoms with Crippen LogP contribution in [0.1, 0.15) is 18.1 Å². The molecule has 0 unspecified atom stereocenters. The highest BCUT2D eigenvalue weighted by Crippen LogP contribution is 2.33. The number of benzene rings is 2. The van der Waals surface area contributed by atoms with Crippen LogP contribution in [0.2, 0.25) is 0 Å². The minimum atomic E-state index is -0.249. The first-order valence-electron chi connectivity index (χ1n) is 7.66. The molecule has 0 saturated heterocycles. The van der Waals surface area contributed by atoms with Crippen molar-refractivity contribution in [2.24, 2.45) is 5.10 Å². The molecule has 120 valence electrons. The fourth-order valence-electron chi connectivity index (χ4n) is 2.74. The van der Waals surface area contributed by atoms with Gasteiger partial charge in [0.25, 0.3) is 0 Å². The van der Waals surface area contributed by atoms with Crippen molar-refractivity contribution < 1.29 is 4.39 Å². The maximum Gasteiger partial charge on any atom is 0.213 e. The molecule has 0 spiro atoms. The molecule has 0 aliphatic carbocycles. The molecule has 6 heteroatoms. The van der Waals surface area contributed by atoms with Crippen LogP contribution in [0.3, 0.4) is 0 Å². The number of halogens is 1. The summed E-state index contributed by atoms with van der Waals surface area (Å²) in [7, 11) is 0. The van der Waals surface area contributed by atoms with E-state index in [1.807, 2.05) is 31.2 Å². The Labute approximate surface area is 143 Å². The largest absolute Gasteiger partial charge is 0.213 e. The van der Waals surface area contributed by atoms with E-state index >= 15 is 0 Å². The Balaban J connectivity index is 1.85. The molecule has 1 aliphatic rings. The molecule has 4 nitrogen and oxygen atoms in total. The average Bonchev–Trinajstić information content (AvgIpc) is 2.98. The summed E-state index contributed by atoms with van der Waals surface area (Å²) in [4.78, 5) is 0. The van der Waals surface area contributed by atoms with E-state index in [0.717, 1.165) is 33.4 Å². The standard InChI is InChI=1S/C18H15FN4S/c1-11-5-3-4-6-15(11)17-20-21-18-23(17)22-16(12(2)24-18)13-7-9-14(19)10-8-13/h3-10,12H,1-2H3/t12-/m1/s1. The quantitative estimate of drug-likeness (QED) is 0.705. The summed E-state index contributed by atoms with van der Waals surface area (Å²) in [5.74, 6) is 0.475. The number of fused-ring (bicyclic) bond motifs is 1. The van der Waals surface area contributed by atoms with Gasteiger partial charge in [-0.15, -0.1) is 10.2 Å². The van der Waals surface area contributed by atoms with Crippen molar-refractivity contribution in [1.29, 1.82) is 0 Å². The molecule has 2 aromatic carbocycles. The van der Waals surface area contributed by atoms with Crippen molar-refractivity contribution >= 4 is 17.5 Å². The summed E-state index contributed by atoms with van der Waals surface area (Å²) in [5.41, 5.74) is 3.93. The summed E-state index contributed by atoms with van der Waals surface area (Å²) >= 11 is 1.61. The lowest BCUT2D eigenvalue weighted by Crippen LogP contribution is -2.21. The van der Waals surface area contributed by atoms with E-state index in [1.54, 1.807) is 28.6 Å². The van der Waals surface area contributed by atoms with Crippen LogP contribution in [0, 0.1) is 12.7 Å². The lowest BCUT2D eigenvalue weighted by Gasteiger charge is -2.20. The van der Waals surface area contributed by atoms with Crippen molar-refractivity contribution in [2.75, 3.05) is 0 Å². The molecule has 2 heterocycles. The number of nitrogens with zero attached hydrogens (tertiary/aromatic N) is 4. The minimum Gasteiger partial charge on any atom is -0.207 e. The fraction of sp³-hybridized carbons (Fsp3) is 0.167. The number of aromatic nitrogens is 3. The van der Waals surface area contributed by atoms with Gasteiger partial charge in [-0.3, -0.25) is 0 Å². The maximum absolute atomic E-state index is 13.2. The van der Waals surface area contributed by atoms with Gasteiger partial charge in [0.2, 0.25) is 5.16 Å². The van der Waals surface area contributed by atoms with Crippen LogP contribution in [-0.2, 0) is 0 Å². The average molecular weight is 338 g/mol. The van der Waals surface area contributed by atoms with Crippen molar-refractivity contribution in [3.63, 3.8) is 0 Å². The van der Waals surface area contributed by atoms with E-state index in [2.05, 4.69) is 17.1 Å². The highest BCUT2D eigenvalue weighted by molar-refractivity contribution is 8.00. The summed E-state index contributed by atoms with van der Waals surface area (Å²) in [5, 5.41) is 14.3. The van der Waals surface area contributed by atoms with Crippen molar-refractivity contribution in [1.82, 2.24) is 14.9 Å². The van der Waals surface area contributed by atoms with Gasteiger partial charge >= 0.3 is 0 Å². The topological polar surface area (TPSA) is 43.1 Å². The molecule has 0 N–H and O–H groups in total. The Bertz CT molecular complexity index is 930. The van der Waals surface area contributed by atoms with E-state index < -0.39 is 0 Å². The second-order valence-corrected chi connectivity index (χ2v) is 6.99. The molecule has 24 heavy (non-hydrogen) atoms. The van der Waals surface area contributed by atoms with Gasteiger partial charge in [0.05, 0.1) is 11.0 Å². The van der Waals surface area contributed by atoms with Crippen LogP contribution < -0.4 is 0 Å². The van der Waals surface area contributed by atoms with Crippen molar-refractivity contribution in [2.45, 2.75) is 24.3 Å². The van der Waals surface area contributed by atoms with Crippen LogP contribution in [-0.4, -0.2) is 25.8 Å². The highest BCUT2D eigenvalue weighted by Gasteiger charge is 2.26. The van der Waals surface area contributed by atoms with Gasteiger partial charge in [-0.25, -0.2) is 4.39 Å².